The summed E-state index contributed by atoms with van der Waals surface area (Å²) in [5.41, 5.74) is 1.46. The molecule has 0 spiro atoms. The Hall–Kier alpha value is -2.42. The molecule has 2 heterocycles. The van der Waals surface area contributed by atoms with Crippen molar-refractivity contribution in [3.8, 4) is 0 Å². The standard InChI is InChI=1S/C23H29N3O5S/c27-21(28)4-5-32(30,31)13-18-12-26-19(2-1-3-20(26)25-18)22(29)24-14-23-9-15-6-16(10-23)8-17(7-15)11-23/h1-3,12,15-17H,4-11,13-14H2,(H,24,29)(H,27,28). The maximum absolute atomic E-state index is 13.1. The van der Waals surface area contributed by atoms with Gasteiger partial charge in [0.25, 0.3) is 5.91 Å². The molecule has 2 aromatic heterocycles. The van der Waals surface area contributed by atoms with Crippen LogP contribution in [0.2, 0.25) is 0 Å². The van der Waals surface area contributed by atoms with Crippen LogP contribution in [0.4, 0.5) is 0 Å². The van der Waals surface area contributed by atoms with Crippen LogP contribution in [-0.2, 0) is 20.4 Å². The molecule has 32 heavy (non-hydrogen) atoms. The molecule has 8 nitrogen and oxygen atoms in total. The summed E-state index contributed by atoms with van der Waals surface area (Å²) in [6, 6.07) is 5.18. The average Bonchev–Trinajstić information content (AvgIpc) is 3.11. The van der Waals surface area contributed by atoms with E-state index in [1.165, 1.54) is 38.5 Å². The maximum atomic E-state index is 13.1. The first-order valence-electron chi connectivity index (χ1n) is 11.4. The number of aromatic nitrogens is 2. The Balaban J connectivity index is 1.30. The fraction of sp³-hybridized carbons (Fsp3) is 0.609. The van der Waals surface area contributed by atoms with Gasteiger partial charge in [-0.2, -0.15) is 0 Å². The molecule has 0 aliphatic heterocycles. The van der Waals surface area contributed by atoms with Crippen LogP contribution in [0.1, 0.15) is 61.1 Å². The lowest BCUT2D eigenvalue weighted by Crippen LogP contribution is -2.51. The second-order valence-electron chi connectivity index (χ2n) is 10.2. The highest BCUT2D eigenvalue weighted by molar-refractivity contribution is 7.90. The van der Waals surface area contributed by atoms with E-state index < -0.39 is 28.0 Å². The number of aliphatic carboxylic acids is 1. The van der Waals surface area contributed by atoms with Crippen LogP contribution in [-0.4, -0.2) is 47.1 Å². The van der Waals surface area contributed by atoms with E-state index in [0.717, 1.165) is 17.8 Å². The minimum atomic E-state index is -3.60. The van der Waals surface area contributed by atoms with Crippen LogP contribution in [0.3, 0.4) is 0 Å². The van der Waals surface area contributed by atoms with Gasteiger partial charge in [0, 0.05) is 12.7 Å². The van der Waals surface area contributed by atoms with Gasteiger partial charge in [-0.25, -0.2) is 13.4 Å². The summed E-state index contributed by atoms with van der Waals surface area (Å²) in [6.45, 7) is 0.691. The number of pyridine rings is 1. The van der Waals surface area contributed by atoms with Gasteiger partial charge < -0.3 is 10.4 Å². The largest absolute Gasteiger partial charge is 0.481 e. The van der Waals surface area contributed by atoms with Crippen LogP contribution in [0, 0.1) is 23.2 Å². The summed E-state index contributed by atoms with van der Waals surface area (Å²) >= 11 is 0. The van der Waals surface area contributed by atoms with E-state index in [2.05, 4.69) is 10.3 Å². The number of nitrogens with one attached hydrogen (secondary N) is 1. The predicted molar refractivity (Wildman–Crippen MR) is 118 cm³/mol. The van der Waals surface area contributed by atoms with Crippen molar-refractivity contribution in [1.29, 1.82) is 0 Å². The molecule has 2 aromatic rings. The summed E-state index contributed by atoms with van der Waals surface area (Å²) in [4.78, 5) is 28.1. The van der Waals surface area contributed by atoms with E-state index in [9.17, 15) is 18.0 Å². The Labute approximate surface area is 187 Å². The number of rotatable bonds is 8. The first kappa shape index (κ1) is 21.4. The predicted octanol–water partition coefficient (Wildman–Crippen LogP) is 2.67. The van der Waals surface area contributed by atoms with Crippen LogP contribution >= 0.6 is 0 Å². The molecule has 0 unspecified atom stereocenters. The SMILES string of the molecule is O=C(O)CCS(=O)(=O)Cc1cn2c(C(=O)NCC34CC5CC(CC(C5)C3)C4)cccc2n1. The van der Waals surface area contributed by atoms with Gasteiger partial charge in [0.1, 0.15) is 11.3 Å². The Bertz CT molecular complexity index is 1130. The molecule has 6 rings (SSSR count). The fourth-order valence-corrected chi connectivity index (χ4v) is 7.94. The van der Waals surface area contributed by atoms with Crippen molar-refractivity contribution in [2.75, 3.05) is 12.3 Å². The molecule has 0 atom stereocenters. The number of carbonyl (C=O) groups excluding carboxylic acids is 1. The third-order valence-electron chi connectivity index (χ3n) is 7.56. The van der Waals surface area contributed by atoms with Gasteiger partial charge in [0.2, 0.25) is 0 Å². The van der Waals surface area contributed by atoms with Gasteiger partial charge in [0.15, 0.2) is 9.84 Å². The second-order valence-corrected chi connectivity index (χ2v) is 12.4. The molecule has 4 bridgehead atoms. The third kappa shape index (κ3) is 4.27. The van der Waals surface area contributed by atoms with Crippen molar-refractivity contribution in [1.82, 2.24) is 14.7 Å². The number of fused-ring (bicyclic) bond motifs is 1. The molecule has 4 saturated carbocycles. The van der Waals surface area contributed by atoms with Gasteiger partial charge in [-0.15, -0.1) is 0 Å². The lowest BCUT2D eigenvalue weighted by atomic mass is 9.49. The molecule has 0 aromatic carbocycles. The summed E-state index contributed by atoms with van der Waals surface area (Å²) in [7, 11) is -3.60. The van der Waals surface area contributed by atoms with E-state index >= 15 is 0 Å². The van der Waals surface area contributed by atoms with Gasteiger partial charge >= 0.3 is 5.97 Å². The third-order valence-corrected chi connectivity index (χ3v) is 9.12. The van der Waals surface area contributed by atoms with Crippen molar-refractivity contribution in [3.63, 3.8) is 0 Å². The molecule has 4 aliphatic carbocycles. The van der Waals surface area contributed by atoms with Crippen molar-refractivity contribution in [2.45, 2.75) is 50.7 Å². The van der Waals surface area contributed by atoms with Gasteiger partial charge in [-0.1, -0.05) is 6.07 Å². The molecular formula is C23H29N3O5S. The molecule has 172 valence electrons. The zero-order valence-corrected chi connectivity index (χ0v) is 18.8. The number of imidazole rings is 1. The number of hydrogen-bond acceptors (Lipinski definition) is 5. The zero-order chi connectivity index (χ0) is 22.5. The number of carboxylic acid groups (broad SMARTS) is 1. The van der Waals surface area contributed by atoms with Gasteiger partial charge in [-0.3, -0.25) is 14.0 Å². The number of carboxylic acids is 1. The number of amides is 1. The number of carbonyl (C=O) groups is 2. The molecule has 0 saturated heterocycles. The van der Waals surface area contributed by atoms with E-state index in [4.69, 9.17) is 5.11 Å². The quantitative estimate of drug-likeness (QED) is 0.627. The second kappa shape index (κ2) is 7.86. The number of sulfone groups is 1. The fourth-order valence-electron chi connectivity index (χ4n) is 6.72. The molecule has 0 radical (unpaired) electrons. The molecule has 9 heteroatoms. The summed E-state index contributed by atoms with van der Waals surface area (Å²) < 4.78 is 26.1. The highest BCUT2D eigenvalue weighted by atomic mass is 32.2. The monoisotopic (exact) mass is 459 g/mol. The molecule has 2 N–H and O–H groups in total. The first-order valence-corrected chi connectivity index (χ1v) is 13.2. The van der Waals surface area contributed by atoms with Crippen LogP contribution in [0.25, 0.3) is 5.65 Å². The van der Waals surface area contributed by atoms with Gasteiger partial charge in [0.05, 0.1) is 23.6 Å². The van der Waals surface area contributed by atoms with E-state index in [0.29, 0.717) is 23.6 Å². The number of hydrogen-bond donors (Lipinski definition) is 2. The lowest BCUT2D eigenvalue weighted by Gasteiger charge is -2.56. The first-order chi connectivity index (χ1) is 15.2. The Kier molecular flexibility index (Phi) is 5.27. The lowest BCUT2D eigenvalue weighted by molar-refractivity contribution is -0.136. The Morgan fingerprint density at radius 3 is 2.41 bits per heavy atom. The molecular weight excluding hydrogens is 430 g/mol. The topological polar surface area (TPSA) is 118 Å². The highest BCUT2D eigenvalue weighted by Crippen LogP contribution is 2.59. The highest BCUT2D eigenvalue weighted by Gasteiger charge is 2.50. The summed E-state index contributed by atoms with van der Waals surface area (Å²) in [5.74, 6) is 0.346. The Morgan fingerprint density at radius 1 is 1.12 bits per heavy atom. The van der Waals surface area contributed by atoms with Crippen LogP contribution in [0.15, 0.2) is 24.4 Å². The van der Waals surface area contributed by atoms with Gasteiger partial charge in [-0.05, 0) is 73.8 Å². The maximum Gasteiger partial charge on any atom is 0.304 e. The van der Waals surface area contributed by atoms with Crippen LogP contribution < -0.4 is 5.32 Å². The number of nitrogens with zero attached hydrogens (tertiary/aromatic N) is 2. The molecule has 4 aliphatic rings. The molecule has 4 fully saturated rings. The van der Waals surface area contributed by atoms with Crippen molar-refractivity contribution >= 4 is 27.4 Å². The normalized spacial score (nSPS) is 28.8. The van der Waals surface area contributed by atoms with E-state index in [1.54, 1.807) is 28.8 Å². The minimum Gasteiger partial charge on any atom is -0.481 e. The smallest absolute Gasteiger partial charge is 0.304 e. The minimum absolute atomic E-state index is 0.177. The van der Waals surface area contributed by atoms with Crippen molar-refractivity contribution in [3.05, 3.63) is 35.8 Å². The Morgan fingerprint density at radius 2 is 1.78 bits per heavy atom. The van der Waals surface area contributed by atoms with Crippen LogP contribution in [0.5, 0.6) is 0 Å². The summed E-state index contributed by atoms with van der Waals surface area (Å²) in [5, 5.41) is 11.9. The molecule has 1 amide bonds. The van der Waals surface area contributed by atoms with E-state index in [-0.39, 0.29) is 17.1 Å². The van der Waals surface area contributed by atoms with Crippen molar-refractivity contribution < 1.29 is 23.1 Å². The zero-order valence-electron chi connectivity index (χ0n) is 18.0. The van der Waals surface area contributed by atoms with Crippen molar-refractivity contribution in [2.24, 2.45) is 23.2 Å². The summed E-state index contributed by atoms with van der Waals surface area (Å²) in [6.07, 6.45) is 8.85. The van der Waals surface area contributed by atoms with E-state index in [1.807, 2.05) is 0 Å². The average molecular weight is 460 g/mol.